The number of hydrogen-bond donors (Lipinski definition) is 0. The van der Waals surface area contributed by atoms with E-state index in [4.69, 9.17) is 0 Å². The van der Waals surface area contributed by atoms with Crippen LogP contribution in [-0.2, 0) is 0 Å². The average Bonchev–Trinajstić information content (AvgIpc) is 2.14. The third kappa shape index (κ3) is 0.735. The van der Waals surface area contributed by atoms with Crippen molar-refractivity contribution in [3.05, 3.63) is 24.8 Å². The maximum Gasteiger partial charge on any atom is 0.105 e. The van der Waals surface area contributed by atoms with Crippen LogP contribution >= 0.6 is 0 Å². The minimum absolute atomic E-state index is 1.03. The van der Waals surface area contributed by atoms with Crippen LogP contribution in [0.25, 0.3) is 0 Å². The fourth-order valence-electron chi connectivity index (χ4n) is 0.660. The summed E-state index contributed by atoms with van der Waals surface area (Å²) in [6.45, 7) is 5.93. The van der Waals surface area contributed by atoms with Crippen LogP contribution < -0.4 is 0 Å². The van der Waals surface area contributed by atoms with Gasteiger partial charge in [0.1, 0.15) is 5.82 Å². The quantitative estimate of drug-likeness (QED) is 0.530. The van der Waals surface area contributed by atoms with E-state index in [-0.39, 0.29) is 0 Å². The highest BCUT2D eigenvalue weighted by Gasteiger charge is 1.89. The molecule has 0 amide bonds. The molecule has 1 aromatic heterocycles. The first kappa shape index (κ1) is 5.35. The van der Waals surface area contributed by atoms with E-state index in [0.717, 1.165) is 5.82 Å². The van der Waals surface area contributed by atoms with E-state index in [1.807, 2.05) is 31.2 Å². The summed E-state index contributed by atoms with van der Waals surface area (Å²) < 4.78 is 1.97. The lowest BCUT2D eigenvalue weighted by molar-refractivity contribution is 0.897. The number of aryl methyl sites for hydroxylation is 1. The summed E-state index contributed by atoms with van der Waals surface area (Å²) in [7, 11) is 0. The molecule has 1 rings (SSSR count). The number of nitrogens with zero attached hydrogens (tertiary/aromatic N) is 2. The van der Waals surface area contributed by atoms with Crippen LogP contribution in [0.1, 0.15) is 12.7 Å². The SMILES string of the molecule is C[CH]n1ccnc1C. The maximum atomic E-state index is 4.02. The lowest BCUT2D eigenvalue weighted by Gasteiger charge is -1.94. The summed E-state index contributed by atoms with van der Waals surface area (Å²) in [6, 6.07) is 0. The van der Waals surface area contributed by atoms with Gasteiger partial charge in [-0.15, -0.1) is 0 Å². The van der Waals surface area contributed by atoms with Gasteiger partial charge in [0.2, 0.25) is 0 Å². The lowest BCUT2D eigenvalue weighted by Crippen LogP contribution is -1.91. The van der Waals surface area contributed by atoms with Gasteiger partial charge < -0.3 is 4.57 Å². The van der Waals surface area contributed by atoms with Gasteiger partial charge in [-0.1, -0.05) is 0 Å². The van der Waals surface area contributed by atoms with Crippen LogP contribution in [0.4, 0.5) is 0 Å². The highest BCUT2D eigenvalue weighted by atomic mass is 15.0. The normalized spacial score (nSPS) is 9.75. The molecule has 0 saturated heterocycles. The Bertz CT molecular complexity index is 167. The fraction of sp³-hybridized carbons (Fsp3) is 0.333. The van der Waals surface area contributed by atoms with Crippen LogP contribution in [0.3, 0.4) is 0 Å². The molecule has 1 heterocycles. The molecule has 0 aliphatic rings. The Morgan fingerprint density at radius 3 is 2.75 bits per heavy atom. The molecule has 0 fully saturated rings. The molecule has 8 heavy (non-hydrogen) atoms. The predicted molar refractivity (Wildman–Crippen MR) is 32.3 cm³/mol. The lowest BCUT2D eigenvalue weighted by atomic mass is 10.6. The zero-order valence-electron chi connectivity index (χ0n) is 5.13. The molecule has 0 aromatic carbocycles. The highest BCUT2D eigenvalue weighted by Crippen LogP contribution is 1.93. The Balaban J connectivity index is 2.92. The fourth-order valence-corrected chi connectivity index (χ4v) is 0.660. The van der Waals surface area contributed by atoms with Gasteiger partial charge in [-0.2, -0.15) is 0 Å². The van der Waals surface area contributed by atoms with E-state index in [0.29, 0.717) is 0 Å². The van der Waals surface area contributed by atoms with E-state index < -0.39 is 0 Å². The van der Waals surface area contributed by atoms with E-state index in [1.54, 1.807) is 6.20 Å². The zero-order chi connectivity index (χ0) is 5.98. The van der Waals surface area contributed by atoms with Crippen LogP contribution in [0.2, 0.25) is 0 Å². The summed E-state index contributed by atoms with van der Waals surface area (Å²) in [5.74, 6) is 1.03. The third-order valence-electron chi connectivity index (χ3n) is 1.14. The van der Waals surface area contributed by atoms with Crippen molar-refractivity contribution in [3.63, 3.8) is 0 Å². The number of aromatic nitrogens is 2. The minimum Gasteiger partial charge on any atom is -0.330 e. The summed E-state index contributed by atoms with van der Waals surface area (Å²) >= 11 is 0. The van der Waals surface area contributed by atoms with Gasteiger partial charge in [-0.05, 0) is 13.8 Å². The van der Waals surface area contributed by atoms with Crippen molar-refractivity contribution in [2.45, 2.75) is 13.8 Å². The first-order valence-electron chi connectivity index (χ1n) is 2.63. The second-order valence-corrected chi connectivity index (χ2v) is 1.64. The monoisotopic (exact) mass is 109 g/mol. The smallest absolute Gasteiger partial charge is 0.105 e. The molecule has 0 atom stereocenters. The van der Waals surface area contributed by atoms with Crippen molar-refractivity contribution in [1.82, 2.24) is 9.55 Å². The maximum absolute atomic E-state index is 4.02. The predicted octanol–water partition coefficient (Wildman–Crippen LogP) is 1.22. The number of rotatable bonds is 1. The Hall–Kier alpha value is -0.790. The molecule has 0 bridgehead atoms. The Labute approximate surface area is 49.2 Å². The Kier molecular flexibility index (Phi) is 1.33. The molecule has 0 saturated carbocycles. The first-order valence-corrected chi connectivity index (χ1v) is 2.63. The summed E-state index contributed by atoms with van der Waals surface area (Å²) in [5, 5.41) is 0. The van der Waals surface area contributed by atoms with Gasteiger partial charge in [0.15, 0.2) is 0 Å². The first-order chi connectivity index (χ1) is 3.84. The largest absolute Gasteiger partial charge is 0.330 e. The second kappa shape index (κ2) is 1.99. The van der Waals surface area contributed by atoms with E-state index >= 15 is 0 Å². The van der Waals surface area contributed by atoms with Crippen molar-refractivity contribution >= 4 is 0 Å². The van der Waals surface area contributed by atoms with E-state index in [1.165, 1.54) is 0 Å². The molecule has 2 heteroatoms. The molecule has 0 unspecified atom stereocenters. The Morgan fingerprint density at radius 1 is 1.75 bits per heavy atom. The van der Waals surface area contributed by atoms with Crippen LogP contribution in [0.15, 0.2) is 12.4 Å². The van der Waals surface area contributed by atoms with Crippen molar-refractivity contribution < 1.29 is 0 Å². The summed E-state index contributed by atoms with van der Waals surface area (Å²) in [4.78, 5) is 4.02. The van der Waals surface area contributed by atoms with Crippen molar-refractivity contribution in [2.24, 2.45) is 0 Å². The third-order valence-corrected chi connectivity index (χ3v) is 1.14. The molecule has 1 radical (unpaired) electrons. The van der Waals surface area contributed by atoms with Gasteiger partial charge >= 0.3 is 0 Å². The van der Waals surface area contributed by atoms with Gasteiger partial charge in [0.25, 0.3) is 0 Å². The molecule has 0 N–H and O–H groups in total. The average molecular weight is 109 g/mol. The second-order valence-electron chi connectivity index (χ2n) is 1.64. The van der Waals surface area contributed by atoms with Crippen LogP contribution in [0, 0.1) is 13.5 Å². The molecule has 0 aliphatic heterocycles. The molecular weight excluding hydrogens is 100 g/mol. The van der Waals surface area contributed by atoms with E-state index in [2.05, 4.69) is 4.98 Å². The molecule has 1 aromatic rings. The van der Waals surface area contributed by atoms with Gasteiger partial charge in [0.05, 0.1) is 6.54 Å². The standard InChI is InChI=1S/C6H9N2/c1-3-8-5-4-7-6(8)2/h3-5H,1-2H3. The summed E-state index contributed by atoms with van der Waals surface area (Å²) in [5.41, 5.74) is 0. The van der Waals surface area contributed by atoms with Crippen LogP contribution in [0.5, 0.6) is 0 Å². The minimum atomic E-state index is 1.03. The number of hydrogen-bond acceptors (Lipinski definition) is 1. The van der Waals surface area contributed by atoms with E-state index in [9.17, 15) is 0 Å². The van der Waals surface area contributed by atoms with Gasteiger partial charge in [0, 0.05) is 12.4 Å². The molecule has 2 nitrogen and oxygen atoms in total. The summed E-state index contributed by atoms with van der Waals surface area (Å²) in [6.07, 6.45) is 3.71. The number of imidazole rings is 1. The molecule has 0 aliphatic carbocycles. The zero-order valence-corrected chi connectivity index (χ0v) is 5.13. The highest BCUT2D eigenvalue weighted by molar-refractivity contribution is 4.92. The molecular formula is C6H9N2. The van der Waals surface area contributed by atoms with Crippen molar-refractivity contribution in [1.29, 1.82) is 0 Å². The molecule has 0 spiro atoms. The van der Waals surface area contributed by atoms with Gasteiger partial charge in [-0.3, -0.25) is 0 Å². The van der Waals surface area contributed by atoms with Crippen LogP contribution in [-0.4, -0.2) is 9.55 Å². The molecule has 43 valence electrons. The topological polar surface area (TPSA) is 17.8 Å². The van der Waals surface area contributed by atoms with Crippen molar-refractivity contribution in [3.8, 4) is 0 Å². The van der Waals surface area contributed by atoms with Crippen molar-refractivity contribution in [2.75, 3.05) is 0 Å². The van der Waals surface area contributed by atoms with Gasteiger partial charge in [-0.25, -0.2) is 4.98 Å². The Morgan fingerprint density at radius 2 is 2.50 bits per heavy atom.